The summed E-state index contributed by atoms with van der Waals surface area (Å²) in [7, 11) is 0. The van der Waals surface area contributed by atoms with Crippen LogP contribution in [0.2, 0.25) is 5.02 Å². The van der Waals surface area contributed by atoms with Crippen LogP contribution in [0, 0.1) is 0 Å². The molecule has 3 aromatic carbocycles. The van der Waals surface area contributed by atoms with E-state index in [2.05, 4.69) is 48.2 Å². The highest BCUT2D eigenvalue weighted by atomic mass is 35.5. The number of anilines is 1. The average molecular weight is 352 g/mol. The highest BCUT2D eigenvalue weighted by molar-refractivity contribution is 6.30. The zero-order chi connectivity index (χ0) is 17.5. The summed E-state index contributed by atoms with van der Waals surface area (Å²) in [6.07, 6.45) is 0. The van der Waals surface area contributed by atoms with Crippen molar-refractivity contribution < 1.29 is 4.74 Å². The number of para-hydroxylation sites is 1. The quantitative estimate of drug-likeness (QED) is 0.521. The fourth-order valence-electron chi connectivity index (χ4n) is 2.78. The Labute approximate surface area is 154 Å². The predicted octanol–water partition coefficient (Wildman–Crippen LogP) is 5.95. The summed E-state index contributed by atoms with van der Waals surface area (Å²) in [5.41, 5.74) is 3.44. The summed E-state index contributed by atoms with van der Waals surface area (Å²) < 4.78 is 6.07. The van der Waals surface area contributed by atoms with Crippen LogP contribution < -0.4 is 9.64 Å². The van der Waals surface area contributed by atoms with Gasteiger partial charge in [-0.1, -0.05) is 60.1 Å². The van der Waals surface area contributed by atoms with Gasteiger partial charge in [-0.25, -0.2) is 0 Å². The highest BCUT2D eigenvalue weighted by Gasteiger charge is 2.11. The molecule has 3 aromatic rings. The molecular formula is C22H22ClNO. The second kappa shape index (κ2) is 8.59. The largest absolute Gasteiger partial charge is 0.489 e. The molecule has 0 aliphatic rings. The Morgan fingerprint density at radius 1 is 0.880 bits per heavy atom. The van der Waals surface area contributed by atoms with E-state index in [0.717, 1.165) is 35.0 Å². The smallest absolute Gasteiger partial charge is 0.124 e. The van der Waals surface area contributed by atoms with Crippen molar-refractivity contribution in [2.24, 2.45) is 0 Å². The molecule has 0 aliphatic carbocycles. The molecule has 0 spiro atoms. The van der Waals surface area contributed by atoms with Crippen molar-refractivity contribution in [1.29, 1.82) is 0 Å². The van der Waals surface area contributed by atoms with Crippen LogP contribution in [0.5, 0.6) is 5.75 Å². The summed E-state index contributed by atoms with van der Waals surface area (Å²) in [4.78, 5) is 2.31. The number of nitrogens with zero attached hydrogens (tertiary/aromatic N) is 1. The Morgan fingerprint density at radius 3 is 2.24 bits per heavy atom. The molecule has 0 atom stereocenters. The first kappa shape index (κ1) is 17.4. The van der Waals surface area contributed by atoms with E-state index in [1.54, 1.807) is 0 Å². The van der Waals surface area contributed by atoms with Crippen LogP contribution in [0.15, 0.2) is 78.9 Å². The van der Waals surface area contributed by atoms with E-state index < -0.39 is 0 Å². The van der Waals surface area contributed by atoms with E-state index in [4.69, 9.17) is 16.3 Å². The van der Waals surface area contributed by atoms with E-state index in [1.807, 2.05) is 42.5 Å². The van der Waals surface area contributed by atoms with Gasteiger partial charge in [0.25, 0.3) is 0 Å². The van der Waals surface area contributed by atoms with Gasteiger partial charge in [0, 0.05) is 29.4 Å². The van der Waals surface area contributed by atoms with Gasteiger partial charge in [-0.3, -0.25) is 0 Å². The third-order valence-corrected chi connectivity index (χ3v) is 4.36. The molecule has 0 unspecified atom stereocenters. The Hall–Kier alpha value is -2.45. The normalized spacial score (nSPS) is 10.5. The third-order valence-electron chi connectivity index (χ3n) is 4.12. The molecule has 0 saturated carbocycles. The molecule has 0 aromatic heterocycles. The molecule has 0 bridgehead atoms. The van der Waals surface area contributed by atoms with Gasteiger partial charge in [-0.2, -0.15) is 0 Å². The van der Waals surface area contributed by atoms with Crippen molar-refractivity contribution in [2.75, 3.05) is 11.4 Å². The Bertz CT molecular complexity index is 790. The highest BCUT2D eigenvalue weighted by Crippen LogP contribution is 2.27. The van der Waals surface area contributed by atoms with Crippen LogP contribution in [-0.2, 0) is 13.2 Å². The third kappa shape index (κ3) is 4.77. The molecule has 25 heavy (non-hydrogen) atoms. The first-order valence-electron chi connectivity index (χ1n) is 8.51. The molecule has 3 heteroatoms. The molecular weight excluding hydrogens is 330 g/mol. The van der Waals surface area contributed by atoms with Crippen molar-refractivity contribution in [2.45, 2.75) is 20.1 Å². The fourth-order valence-corrected chi connectivity index (χ4v) is 2.97. The van der Waals surface area contributed by atoms with Crippen LogP contribution >= 0.6 is 11.6 Å². The van der Waals surface area contributed by atoms with Gasteiger partial charge >= 0.3 is 0 Å². The first-order chi connectivity index (χ1) is 12.3. The molecule has 0 saturated heterocycles. The van der Waals surface area contributed by atoms with Crippen LogP contribution in [0.3, 0.4) is 0 Å². The number of benzene rings is 3. The molecule has 0 N–H and O–H groups in total. The molecule has 3 rings (SSSR count). The van der Waals surface area contributed by atoms with E-state index >= 15 is 0 Å². The van der Waals surface area contributed by atoms with Gasteiger partial charge in [-0.05, 0) is 42.8 Å². The molecule has 0 fully saturated rings. The second-order valence-electron chi connectivity index (χ2n) is 5.88. The van der Waals surface area contributed by atoms with Crippen LogP contribution in [-0.4, -0.2) is 6.54 Å². The SMILES string of the molecule is CCN(Cc1cc(Cl)ccc1OCc1ccccc1)c1ccccc1. The lowest BCUT2D eigenvalue weighted by Crippen LogP contribution is -2.22. The maximum atomic E-state index is 6.23. The summed E-state index contributed by atoms with van der Waals surface area (Å²) >= 11 is 6.23. The maximum absolute atomic E-state index is 6.23. The number of halogens is 1. The zero-order valence-corrected chi connectivity index (χ0v) is 15.1. The Balaban J connectivity index is 1.79. The zero-order valence-electron chi connectivity index (χ0n) is 14.4. The standard InChI is InChI=1S/C22H22ClNO/c1-2-24(21-11-7-4-8-12-21)16-19-15-20(23)13-14-22(19)25-17-18-9-5-3-6-10-18/h3-15H,2,16-17H2,1H3. The molecule has 0 heterocycles. The van der Waals surface area contributed by atoms with Gasteiger partial charge in [-0.15, -0.1) is 0 Å². The minimum Gasteiger partial charge on any atom is -0.489 e. The van der Waals surface area contributed by atoms with Gasteiger partial charge in [0.1, 0.15) is 12.4 Å². The van der Waals surface area contributed by atoms with E-state index in [1.165, 1.54) is 5.69 Å². The van der Waals surface area contributed by atoms with Crippen LogP contribution in [0.1, 0.15) is 18.1 Å². The molecule has 128 valence electrons. The summed E-state index contributed by atoms with van der Waals surface area (Å²) in [5, 5.41) is 0.728. The van der Waals surface area contributed by atoms with Crippen LogP contribution in [0.4, 0.5) is 5.69 Å². The van der Waals surface area contributed by atoms with Crippen LogP contribution in [0.25, 0.3) is 0 Å². The number of hydrogen-bond donors (Lipinski definition) is 0. The monoisotopic (exact) mass is 351 g/mol. The number of hydrogen-bond acceptors (Lipinski definition) is 2. The van der Waals surface area contributed by atoms with Gasteiger partial charge in [0.15, 0.2) is 0 Å². The van der Waals surface area contributed by atoms with Crippen molar-refractivity contribution in [3.63, 3.8) is 0 Å². The fraction of sp³-hybridized carbons (Fsp3) is 0.182. The Morgan fingerprint density at radius 2 is 1.56 bits per heavy atom. The summed E-state index contributed by atoms with van der Waals surface area (Å²) in [5.74, 6) is 0.877. The lowest BCUT2D eigenvalue weighted by Gasteiger charge is -2.24. The maximum Gasteiger partial charge on any atom is 0.124 e. The number of ether oxygens (including phenoxy) is 1. The molecule has 0 radical (unpaired) electrons. The number of rotatable bonds is 7. The van der Waals surface area contributed by atoms with Gasteiger partial charge in [0.05, 0.1) is 0 Å². The molecule has 0 amide bonds. The van der Waals surface area contributed by atoms with Crippen molar-refractivity contribution in [1.82, 2.24) is 0 Å². The minimum absolute atomic E-state index is 0.549. The van der Waals surface area contributed by atoms with Crippen molar-refractivity contribution in [3.8, 4) is 5.75 Å². The topological polar surface area (TPSA) is 12.5 Å². The van der Waals surface area contributed by atoms with E-state index in [-0.39, 0.29) is 0 Å². The molecule has 2 nitrogen and oxygen atoms in total. The average Bonchev–Trinajstić information content (AvgIpc) is 2.67. The van der Waals surface area contributed by atoms with Gasteiger partial charge in [0.2, 0.25) is 0 Å². The lowest BCUT2D eigenvalue weighted by molar-refractivity contribution is 0.303. The predicted molar refractivity (Wildman–Crippen MR) is 105 cm³/mol. The van der Waals surface area contributed by atoms with E-state index in [9.17, 15) is 0 Å². The van der Waals surface area contributed by atoms with Gasteiger partial charge < -0.3 is 9.64 Å². The Kier molecular flexibility index (Phi) is 5.97. The summed E-state index contributed by atoms with van der Waals surface area (Å²) in [6.45, 7) is 4.37. The summed E-state index contributed by atoms with van der Waals surface area (Å²) in [6, 6.07) is 26.4. The lowest BCUT2D eigenvalue weighted by atomic mass is 10.1. The molecule has 0 aliphatic heterocycles. The van der Waals surface area contributed by atoms with Crippen molar-refractivity contribution in [3.05, 3.63) is 95.0 Å². The minimum atomic E-state index is 0.549. The second-order valence-corrected chi connectivity index (χ2v) is 6.31. The first-order valence-corrected chi connectivity index (χ1v) is 8.89. The van der Waals surface area contributed by atoms with Crippen molar-refractivity contribution >= 4 is 17.3 Å². The van der Waals surface area contributed by atoms with E-state index in [0.29, 0.717) is 6.61 Å².